The predicted octanol–water partition coefficient (Wildman–Crippen LogP) is 8.11. The third-order valence-corrected chi connectivity index (χ3v) is 9.81. The van der Waals surface area contributed by atoms with E-state index in [-0.39, 0.29) is 35.3 Å². The number of fused-ring (bicyclic) bond motifs is 1. The lowest BCUT2D eigenvalue weighted by molar-refractivity contribution is 0.203. The summed E-state index contributed by atoms with van der Waals surface area (Å²) in [4.78, 5) is 6.94. The van der Waals surface area contributed by atoms with Gasteiger partial charge in [0.1, 0.15) is 11.6 Å². The number of ether oxygens (including phenoxy) is 4. The summed E-state index contributed by atoms with van der Waals surface area (Å²) in [5, 5.41) is 4.07. The molecule has 0 unspecified atom stereocenters. The maximum atomic E-state index is 15.4. The second-order valence-electron chi connectivity index (χ2n) is 11.6. The summed E-state index contributed by atoms with van der Waals surface area (Å²) in [5.41, 5.74) is 1.29. The van der Waals surface area contributed by atoms with Crippen molar-refractivity contribution in [1.82, 2.24) is 9.88 Å². The Balaban J connectivity index is 1.28. The Bertz CT molecular complexity index is 1890. The lowest BCUT2D eigenvalue weighted by Crippen LogP contribution is -2.31. The van der Waals surface area contributed by atoms with Crippen LogP contribution in [0.3, 0.4) is 0 Å². The molecule has 0 aliphatic carbocycles. The molecule has 0 radical (unpaired) electrons. The van der Waals surface area contributed by atoms with Crippen LogP contribution in [0.5, 0.6) is 23.0 Å². The van der Waals surface area contributed by atoms with Crippen molar-refractivity contribution >= 4 is 55.7 Å². The topological polar surface area (TPSA) is 112 Å². The Labute approximate surface area is 296 Å². The Morgan fingerprint density at radius 3 is 2.49 bits per heavy atom. The average Bonchev–Trinajstić information content (AvgIpc) is 3.08. The fourth-order valence-electron chi connectivity index (χ4n) is 5.46. The van der Waals surface area contributed by atoms with Crippen LogP contribution in [0.4, 0.5) is 10.1 Å². The van der Waals surface area contributed by atoms with Crippen molar-refractivity contribution in [3.8, 4) is 23.0 Å². The molecule has 1 aliphatic rings. The summed E-state index contributed by atoms with van der Waals surface area (Å²) in [5.74, 6) is 0.408. The van der Waals surface area contributed by atoms with E-state index >= 15 is 4.39 Å². The summed E-state index contributed by atoms with van der Waals surface area (Å²) >= 11 is 12.0. The highest BCUT2D eigenvalue weighted by atomic mass is 35.5. The largest absolute Gasteiger partial charge is 0.493 e. The lowest BCUT2D eigenvalue weighted by Gasteiger charge is -2.26. The molecular formula is C35H39Cl2FN4O6S. The Morgan fingerprint density at radius 1 is 0.939 bits per heavy atom. The number of hydrogen-bond donors (Lipinski definition) is 1. The number of halogens is 3. The summed E-state index contributed by atoms with van der Waals surface area (Å²) < 4.78 is 68.0. The van der Waals surface area contributed by atoms with Gasteiger partial charge in [0, 0.05) is 49.5 Å². The van der Waals surface area contributed by atoms with Crippen molar-refractivity contribution in [3.63, 3.8) is 0 Å². The molecule has 0 spiro atoms. The number of methoxy groups -OCH3 is 2. The number of rotatable bonds is 15. The third kappa shape index (κ3) is 10.4. The summed E-state index contributed by atoms with van der Waals surface area (Å²) in [7, 11) is -0.946. The standard InChI is InChI=1S/C35H39Cl2FN4O6S/c1-45-18-12-35(41-49(43,44)23-24-7-9-27(36)28(37)19-24)40-25-8-10-32(29(38)20-25)48-31-11-13-39-30-22-34(33(46-2)21-26(30)31)47-17-6-16-42-14-4-3-5-15-42/h7-11,13,19-22H,3-6,12,14-18,23H2,1-2H3,(H,40,41). The van der Waals surface area contributed by atoms with Gasteiger partial charge in [-0.05, 0) is 74.3 Å². The van der Waals surface area contributed by atoms with E-state index < -0.39 is 21.6 Å². The van der Waals surface area contributed by atoms with Gasteiger partial charge in [0.2, 0.25) is 0 Å². The molecule has 14 heteroatoms. The number of anilines is 1. The molecule has 0 atom stereocenters. The van der Waals surface area contributed by atoms with Gasteiger partial charge in [-0.15, -0.1) is 4.40 Å². The number of aromatic nitrogens is 1. The minimum absolute atomic E-state index is 0.0438. The van der Waals surface area contributed by atoms with Crippen molar-refractivity contribution < 1.29 is 31.8 Å². The van der Waals surface area contributed by atoms with Crippen LogP contribution in [0, 0.1) is 5.82 Å². The van der Waals surface area contributed by atoms with Gasteiger partial charge in [0.15, 0.2) is 23.1 Å². The molecule has 49 heavy (non-hydrogen) atoms. The zero-order chi connectivity index (χ0) is 34.8. The first kappa shape index (κ1) is 36.6. The third-order valence-electron chi connectivity index (χ3n) is 7.88. The van der Waals surface area contributed by atoms with Crippen LogP contribution in [0.1, 0.15) is 37.7 Å². The van der Waals surface area contributed by atoms with Gasteiger partial charge in [-0.3, -0.25) is 4.98 Å². The van der Waals surface area contributed by atoms with Crippen LogP contribution in [0.15, 0.2) is 65.2 Å². The van der Waals surface area contributed by atoms with Crippen molar-refractivity contribution in [2.24, 2.45) is 4.40 Å². The molecule has 3 aromatic carbocycles. The van der Waals surface area contributed by atoms with Crippen LogP contribution >= 0.6 is 23.2 Å². The highest BCUT2D eigenvalue weighted by Crippen LogP contribution is 2.38. The molecule has 0 bridgehead atoms. The molecule has 1 saturated heterocycles. The number of hydrogen-bond acceptors (Lipinski definition) is 8. The van der Waals surface area contributed by atoms with Gasteiger partial charge in [-0.1, -0.05) is 35.7 Å². The first-order chi connectivity index (χ1) is 23.6. The molecule has 0 saturated carbocycles. The van der Waals surface area contributed by atoms with Gasteiger partial charge >= 0.3 is 0 Å². The Kier molecular flexibility index (Phi) is 12.9. The average molecular weight is 734 g/mol. The van der Waals surface area contributed by atoms with E-state index in [1.54, 1.807) is 43.6 Å². The second kappa shape index (κ2) is 17.3. The van der Waals surface area contributed by atoms with E-state index in [9.17, 15) is 8.42 Å². The highest BCUT2D eigenvalue weighted by Gasteiger charge is 2.17. The van der Waals surface area contributed by atoms with Gasteiger partial charge in [-0.2, -0.15) is 0 Å². The van der Waals surface area contributed by atoms with Gasteiger partial charge in [0.25, 0.3) is 10.0 Å². The van der Waals surface area contributed by atoms with E-state index in [2.05, 4.69) is 19.6 Å². The van der Waals surface area contributed by atoms with Crippen LogP contribution < -0.4 is 19.5 Å². The van der Waals surface area contributed by atoms with E-state index in [0.29, 0.717) is 45.3 Å². The number of amidine groups is 1. The van der Waals surface area contributed by atoms with E-state index in [0.717, 1.165) is 26.1 Å². The van der Waals surface area contributed by atoms with Gasteiger partial charge < -0.3 is 29.2 Å². The van der Waals surface area contributed by atoms with Crippen molar-refractivity contribution in [2.75, 3.05) is 52.4 Å². The molecule has 4 aromatic rings. The van der Waals surface area contributed by atoms with Gasteiger partial charge in [-0.25, -0.2) is 12.8 Å². The number of benzene rings is 3. The maximum absolute atomic E-state index is 15.4. The fraction of sp³-hybridized carbons (Fsp3) is 0.371. The number of likely N-dealkylation sites (tertiary alicyclic amines) is 1. The predicted molar refractivity (Wildman–Crippen MR) is 192 cm³/mol. The number of pyridine rings is 1. The summed E-state index contributed by atoms with van der Waals surface area (Å²) in [6.45, 7) is 4.00. The molecule has 1 fully saturated rings. The SMILES string of the molecule is COCC/C(=N\S(=O)(=O)Cc1ccc(Cl)c(Cl)c1)Nc1ccc(Oc2ccnc3cc(OCCCN4CCCCC4)c(OC)cc23)c(F)c1. The first-order valence-corrected chi connectivity index (χ1v) is 18.3. The monoisotopic (exact) mass is 732 g/mol. The molecule has 10 nitrogen and oxygen atoms in total. The van der Waals surface area contributed by atoms with Crippen molar-refractivity contribution in [2.45, 2.75) is 37.9 Å². The van der Waals surface area contributed by atoms with Crippen molar-refractivity contribution in [3.05, 3.63) is 82.2 Å². The molecule has 2 heterocycles. The second-order valence-corrected chi connectivity index (χ2v) is 14.0. The fourth-order valence-corrected chi connectivity index (χ4v) is 6.92. The molecule has 1 N–H and O–H groups in total. The van der Waals surface area contributed by atoms with E-state index in [1.807, 2.05) is 0 Å². The van der Waals surface area contributed by atoms with Gasteiger partial charge in [0.05, 0.1) is 41.6 Å². The number of nitrogens with one attached hydrogen (secondary N) is 1. The maximum Gasteiger partial charge on any atom is 0.258 e. The minimum atomic E-state index is -3.99. The molecular weight excluding hydrogens is 694 g/mol. The lowest BCUT2D eigenvalue weighted by atomic mass is 10.1. The Hall–Kier alpha value is -3.68. The van der Waals surface area contributed by atoms with Crippen LogP contribution in [-0.2, 0) is 20.5 Å². The molecule has 1 aromatic heterocycles. The van der Waals surface area contributed by atoms with Crippen molar-refractivity contribution in [1.29, 1.82) is 0 Å². The minimum Gasteiger partial charge on any atom is -0.493 e. The number of piperidine rings is 1. The zero-order valence-corrected chi connectivity index (χ0v) is 29.7. The van der Waals surface area contributed by atoms with Crippen LogP contribution in [-0.4, -0.2) is 71.2 Å². The van der Waals surface area contributed by atoms with E-state index in [4.69, 9.17) is 42.1 Å². The molecule has 5 rings (SSSR count). The molecule has 0 amide bonds. The normalized spacial score (nSPS) is 14.2. The smallest absolute Gasteiger partial charge is 0.258 e. The molecule has 262 valence electrons. The quantitative estimate of drug-likeness (QED) is 0.0736. The molecule has 1 aliphatic heterocycles. The summed E-state index contributed by atoms with van der Waals surface area (Å²) in [6, 6.07) is 14.0. The number of nitrogens with zero attached hydrogens (tertiary/aromatic N) is 3. The first-order valence-electron chi connectivity index (χ1n) is 15.9. The van der Waals surface area contributed by atoms with E-state index in [1.165, 1.54) is 50.6 Å². The van der Waals surface area contributed by atoms with Crippen LogP contribution in [0.2, 0.25) is 10.0 Å². The summed E-state index contributed by atoms with van der Waals surface area (Å²) in [6.07, 6.45) is 6.41. The number of sulfonamides is 1. The Morgan fingerprint density at radius 2 is 1.76 bits per heavy atom. The zero-order valence-electron chi connectivity index (χ0n) is 27.4. The highest BCUT2D eigenvalue weighted by molar-refractivity contribution is 7.89. The van der Waals surface area contributed by atoms with Crippen LogP contribution in [0.25, 0.3) is 10.9 Å².